The number of pyridine rings is 1. The van der Waals surface area contributed by atoms with Gasteiger partial charge < -0.3 is 11.1 Å². The molecule has 0 saturated heterocycles. The van der Waals surface area contributed by atoms with Crippen molar-refractivity contribution < 1.29 is 13.6 Å². The lowest BCUT2D eigenvalue weighted by molar-refractivity contribution is 0.102. The summed E-state index contributed by atoms with van der Waals surface area (Å²) in [5.74, 6) is -0.987. The number of aliphatic imine (C=N–C) groups is 1. The summed E-state index contributed by atoms with van der Waals surface area (Å²) in [4.78, 5) is 20.7. The number of carbonyl (C=O) groups is 1. The summed E-state index contributed by atoms with van der Waals surface area (Å²) in [5.41, 5.74) is 6.15. The second-order valence-corrected chi connectivity index (χ2v) is 8.50. The van der Waals surface area contributed by atoms with Crippen molar-refractivity contribution in [2.45, 2.75) is 17.2 Å². The molecule has 2 heterocycles. The number of nitrogens with two attached hydrogens (primary N) is 1. The van der Waals surface area contributed by atoms with E-state index in [1.165, 1.54) is 30.5 Å². The first-order valence-electron chi connectivity index (χ1n) is 8.34. The lowest BCUT2D eigenvalue weighted by atomic mass is 9.87. The van der Waals surface area contributed by atoms with E-state index in [2.05, 4.69) is 15.3 Å². The maximum absolute atomic E-state index is 14.7. The van der Waals surface area contributed by atoms with Gasteiger partial charge in [-0.1, -0.05) is 29.4 Å². The number of amidine groups is 1. The average Bonchev–Trinajstić information content (AvgIpc) is 3.39. The molecule has 1 aromatic heterocycles. The molecule has 0 fully saturated rings. The molecule has 0 saturated carbocycles. The largest absolute Gasteiger partial charge is 0.378 e. The van der Waals surface area contributed by atoms with Gasteiger partial charge in [0, 0.05) is 17.4 Å². The van der Waals surface area contributed by atoms with Gasteiger partial charge in [0.25, 0.3) is 5.91 Å². The minimum absolute atomic E-state index is 0.166. The highest BCUT2D eigenvalue weighted by Crippen LogP contribution is 2.60. The van der Waals surface area contributed by atoms with E-state index in [1.54, 1.807) is 19.1 Å². The molecule has 2 aromatic rings. The monoisotopic (exact) mass is 420 g/mol. The zero-order chi connectivity index (χ0) is 20.1. The van der Waals surface area contributed by atoms with Crippen LogP contribution >= 0.6 is 23.4 Å². The normalized spacial score (nSPS) is 25.4. The highest BCUT2D eigenvalue weighted by atomic mass is 35.5. The lowest BCUT2D eigenvalue weighted by Gasteiger charge is -2.33. The van der Waals surface area contributed by atoms with Crippen molar-refractivity contribution in [1.29, 1.82) is 0 Å². The highest BCUT2D eigenvalue weighted by Gasteiger charge is 2.58. The Morgan fingerprint density at radius 2 is 2.14 bits per heavy atom. The molecule has 3 N–H and O–H groups in total. The Morgan fingerprint density at radius 1 is 1.36 bits per heavy atom. The van der Waals surface area contributed by atoms with Crippen LogP contribution in [0.1, 0.15) is 23.0 Å². The molecule has 0 bridgehead atoms. The van der Waals surface area contributed by atoms with E-state index in [1.807, 2.05) is 0 Å². The number of nitrogens with one attached hydrogen (secondary N) is 1. The van der Waals surface area contributed by atoms with Crippen LogP contribution in [0.15, 0.2) is 53.2 Å². The van der Waals surface area contributed by atoms with Gasteiger partial charge in [0.1, 0.15) is 23.7 Å². The van der Waals surface area contributed by atoms with E-state index in [0.717, 1.165) is 11.8 Å². The highest BCUT2D eigenvalue weighted by molar-refractivity contribution is 8.15. The Balaban J connectivity index is 1.66. The van der Waals surface area contributed by atoms with Gasteiger partial charge in [-0.3, -0.25) is 4.79 Å². The third-order valence-corrected chi connectivity index (χ3v) is 6.14. The third-order valence-electron chi connectivity index (χ3n) is 4.80. The van der Waals surface area contributed by atoms with Gasteiger partial charge in [-0.25, -0.2) is 18.8 Å². The number of halogens is 3. The summed E-state index contributed by atoms with van der Waals surface area (Å²) in [6, 6.07) is 7.19. The molecule has 1 aliphatic carbocycles. The first-order chi connectivity index (χ1) is 13.3. The molecule has 0 spiro atoms. The average molecular weight is 421 g/mol. The van der Waals surface area contributed by atoms with Gasteiger partial charge in [0.15, 0.2) is 5.17 Å². The van der Waals surface area contributed by atoms with Crippen LogP contribution in [0.3, 0.4) is 0 Å². The number of anilines is 1. The number of rotatable bonds is 4. The van der Waals surface area contributed by atoms with Gasteiger partial charge >= 0.3 is 0 Å². The number of hydrogen-bond acceptors (Lipinski definition) is 5. The minimum Gasteiger partial charge on any atom is -0.378 e. The fourth-order valence-electron chi connectivity index (χ4n) is 3.35. The van der Waals surface area contributed by atoms with Crippen LogP contribution in [0.25, 0.3) is 0 Å². The fraction of sp³-hybridized carbons (Fsp3) is 0.211. The van der Waals surface area contributed by atoms with Crippen LogP contribution in [0.5, 0.6) is 0 Å². The van der Waals surface area contributed by atoms with Crippen molar-refractivity contribution in [3.63, 3.8) is 0 Å². The number of alkyl halides is 1. The van der Waals surface area contributed by atoms with Crippen LogP contribution in [0.2, 0.25) is 5.02 Å². The third kappa shape index (κ3) is 3.06. The standard InChI is InChI=1S/C19H15ClF2N4OS/c1-18(15-7-19(15,9-21)28-17(23)26-18)12-6-11(3-4-13(12)22)25-16(27)14-5-2-10(20)8-24-14/h2-8H,9H2,1H3,(H2,23,26)(H,25,27)/t18-,19-/m1/s1. The molecule has 28 heavy (non-hydrogen) atoms. The van der Waals surface area contributed by atoms with Crippen LogP contribution in [0, 0.1) is 5.82 Å². The van der Waals surface area contributed by atoms with E-state index in [4.69, 9.17) is 17.3 Å². The SMILES string of the molecule is C[C@]1(c2cc(NC(=O)c3ccc(Cl)cn3)ccc2F)N=C(N)S[C@@]2(CF)C=C21. The number of nitrogens with zero attached hydrogens (tertiary/aromatic N) is 2. The second kappa shape index (κ2) is 6.56. The topological polar surface area (TPSA) is 80.4 Å². The molecule has 4 rings (SSSR count). The maximum Gasteiger partial charge on any atom is 0.274 e. The Labute approximate surface area is 169 Å². The van der Waals surface area contributed by atoms with Crippen molar-refractivity contribution in [2.24, 2.45) is 10.7 Å². The summed E-state index contributed by atoms with van der Waals surface area (Å²) in [7, 11) is 0. The number of carbonyl (C=O) groups excluding carboxylic acids is 1. The molecular weight excluding hydrogens is 406 g/mol. The molecular formula is C19H15ClF2N4OS. The number of aromatic nitrogens is 1. The fourth-order valence-corrected chi connectivity index (χ4v) is 4.60. The van der Waals surface area contributed by atoms with E-state index >= 15 is 0 Å². The number of hydrogen-bond donors (Lipinski definition) is 2. The Hall–Kier alpha value is -2.45. The van der Waals surface area contributed by atoms with Gasteiger partial charge in [-0.05, 0) is 42.8 Å². The number of fused-ring (bicyclic) bond motifs is 1. The smallest absolute Gasteiger partial charge is 0.274 e. The Bertz CT molecular complexity index is 1040. The number of benzene rings is 1. The first-order valence-corrected chi connectivity index (χ1v) is 9.54. The molecule has 1 amide bonds. The first kappa shape index (κ1) is 18.9. The van der Waals surface area contributed by atoms with Gasteiger partial charge in [0.2, 0.25) is 0 Å². The zero-order valence-electron chi connectivity index (χ0n) is 14.7. The summed E-state index contributed by atoms with van der Waals surface area (Å²) in [6.45, 7) is 1.05. The molecule has 1 aliphatic heterocycles. The van der Waals surface area contributed by atoms with Crippen molar-refractivity contribution >= 4 is 40.1 Å². The minimum atomic E-state index is -1.13. The van der Waals surface area contributed by atoms with E-state index in [0.29, 0.717) is 16.3 Å². The Morgan fingerprint density at radius 3 is 2.82 bits per heavy atom. The molecule has 144 valence electrons. The van der Waals surface area contributed by atoms with E-state index in [9.17, 15) is 13.6 Å². The molecule has 5 nitrogen and oxygen atoms in total. The number of thioether (sulfide) groups is 1. The molecule has 2 aliphatic rings. The van der Waals surface area contributed by atoms with E-state index < -0.39 is 28.7 Å². The summed E-state index contributed by atoms with van der Waals surface area (Å²) in [5, 5.41) is 3.28. The van der Waals surface area contributed by atoms with E-state index in [-0.39, 0.29) is 16.4 Å². The van der Waals surface area contributed by atoms with Crippen molar-refractivity contribution in [3.8, 4) is 0 Å². The zero-order valence-corrected chi connectivity index (χ0v) is 16.2. The van der Waals surface area contributed by atoms with Crippen LogP contribution in [0.4, 0.5) is 14.5 Å². The number of amides is 1. The summed E-state index contributed by atoms with van der Waals surface area (Å²) >= 11 is 6.90. The quantitative estimate of drug-likeness (QED) is 0.731. The van der Waals surface area contributed by atoms with Gasteiger partial charge in [0.05, 0.1) is 9.77 Å². The Kier molecular flexibility index (Phi) is 4.43. The predicted molar refractivity (Wildman–Crippen MR) is 107 cm³/mol. The molecule has 9 heteroatoms. The van der Waals surface area contributed by atoms with Gasteiger partial charge in [-0.2, -0.15) is 0 Å². The van der Waals surface area contributed by atoms with Crippen molar-refractivity contribution in [2.75, 3.05) is 12.0 Å². The van der Waals surface area contributed by atoms with Crippen LogP contribution in [-0.2, 0) is 5.54 Å². The summed E-state index contributed by atoms with van der Waals surface area (Å²) < 4.78 is 27.4. The molecule has 1 aromatic carbocycles. The maximum atomic E-state index is 14.7. The lowest BCUT2D eigenvalue weighted by Crippen LogP contribution is -2.35. The molecule has 0 unspecified atom stereocenters. The van der Waals surface area contributed by atoms with Crippen molar-refractivity contribution in [1.82, 2.24) is 4.98 Å². The van der Waals surface area contributed by atoms with Crippen LogP contribution < -0.4 is 11.1 Å². The van der Waals surface area contributed by atoms with Crippen LogP contribution in [-0.4, -0.2) is 27.5 Å². The van der Waals surface area contributed by atoms with Gasteiger partial charge in [-0.15, -0.1) is 0 Å². The predicted octanol–water partition coefficient (Wildman–Crippen LogP) is 4.05. The molecule has 0 radical (unpaired) electrons. The summed E-state index contributed by atoms with van der Waals surface area (Å²) in [6.07, 6.45) is 3.09. The van der Waals surface area contributed by atoms with Crippen molar-refractivity contribution in [3.05, 3.63) is 70.3 Å². The second-order valence-electron chi connectivity index (χ2n) is 6.72. The molecule has 2 atom stereocenters.